The van der Waals surface area contributed by atoms with E-state index in [-0.39, 0.29) is 23.9 Å². The van der Waals surface area contributed by atoms with Crippen LogP contribution >= 0.6 is 0 Å². The van der Waals surface area contributed by atoms with E-state index < -0.39 is 23.7 Å². The van der Waals surface area contributed by atoms with E-state index in [0.717, 1.165) is 12.8 Å². The first kappa shape index (κ1) is 25.5. The van der Waals surface area contributed by atoms with E-state index in [1.807, 2.05) is 48.5 Å². The Hall–Kier alpha value is -0.490. The van der Waals surface area contributed by atoms with Crippen LogP contribution in [0.2, 0.25) is 0 Å². The lowest BCUT2D eigenvalue weighted by Gasteiger charge is -2.38. The standard InChI is InChI=1S/C21H42O5/c1-10-11-12-24-13-16(6)18(22)17(7)19(23)21(8,9)20(25-14(2)3)26-15(4)5/h14-18,20,22H,10-13H2,1-9H3/t16-,17+,18-/m0/s1. The van der Waals surface area contributed by atoms with Crippen molar-refractivity contribution < 1.29 is 24.1 Å². The van der Waals surface area contributed by atoms with E-state index >= 15 is 0 Å². The maximum atomic E-state index is 13.1. The van der Waals surface area contributed by atoms with Crippen molar-refractivity contribution in [3.05, 3.63) is 0 Å². The molecule has 26 heavy (non-hydrogen) atoms. The Balaban J connectivity index is 5.01. The number of carbonyl (C=O) groups is 1. The van der Waals surface area contributed by atoms with Crippen molar-refractivity contribution in [2.24, 2.45) is 17.3 Å². The average Bonchev–Trinajstić information content (AvgIpc) is 2.54. The monoisotopic (exact) mass is 374 g/mol. The van der Waals surface area contributed by atoms with Crippen molar-refractivity contribution in [1.82, 2.24) is 0 Å². The molecule has 0 radical (unpaired) electrons. The van der Waals surface area contributed by atoms with Crippen LogP contribution in [0.15, 0.2) is 0 Å². The van der Waals surface area contributed by atoms with Gasteiger partial charge in [0.05, 0.1) is 30.3 Å². The van der Waals surface area contributed by atoms with Crippen molar-refractivity contribution in [1.29, 1.82) is 0 Å². The van der Waals surface area contributed by atoms with Crippen molar-refractivity contribution in [3.63, 3.8) is 0 Å². The van der Waals surface area contributed by atoms with Gasteiger partial charge in [-0.15, -0.1) is 0 Å². The summed E-state index contributed by atoms with van der Waals surface area (Å²) in [4.78, 5) is 13.1. The highest BCUT2D eigenvalue weighted by Gasteiger charge is 2.44. The highest BCUT2D eigenvalue weighted by molar-refractivity contribution is 5.87. The minimum Gasteiger partial charge on any atom is -0.392 e. The topological polar surface area (TPSA) is 65.0 Å². The molecule has 0 unspecified atom stereocenters. The van der Waals surface area contributed by atoms with Gasteiger partial charge in [-0.1, -0.05) is 27.2 Å². The number of ketones is 1. The number of ether oxygens (including phenoxy) is 3. The number of aliphatic hydroxyl groups is 1. The maximum Gasteiger partial charge on any atom is 0.170 e. The molecule has 0 aliphatic heterocycles. The Kier molecular flexibility index (Phi) is 11.8. The second kappa shape index (κ2) is 12.1. The van der Waals surface area contributed by atoms with E-state index in [1.54, 1.807) is 6.92 Å². The number of aliphatic hydroxyl groups excluding tert-OH is 1. The zero-order chi connectivity index (χ0) is 20.5. The molecule has 0 aliphatic rings. The zero-order valence-electron chi connectivity index (χ0n) is 18.4. The van der Waals surface area contributed by atoms with Gasteiger partial charge in [0.2, 0.25) is 0 Å². The lowest BCUT2D eigenvalue weighted by Crippen LogP contribution is -2.48. The van der Waals surface area contributed by atoms with Gasteiger partial charge in [0.15, 0.2) is 6.29 Å². The van der Waals surface area contributed by atoms with Gasteiger partial charge in [-0.05, 0) is 48.0 Å². The van der Waals surface area contributed by atoms with Crippen molar-refractivity contribution >= 4 is 5.78 Å². The summed E-state index contributed by atoms with van der Waals surface area (Å²) in [5.41, 5.74) is -0.863. The van der Waals surface area contributed by atoms with E-state index in [1.165, 1.54) is 0 Å². The van der Waals surface area contributed by atoms with Gasteiger partial charge in [-0.2, -0.15) is 0 Å². The predicted molar refractivity (Wildman–Crippen MR) is 105 cm³/mol. The van der Waals surface area contributed by atoms with Gasteiger partial charge < -0.3 is 19.3 Å². The van der Waals surface area contributed by atoms with Crippen LogP contribution in [0, 0.1) is 17.3 Å². The van der Waals surface area contributed by atoms with Crippen LogP contribution in [-0.4, -0.2) is 48.7 Å². The third-order valence-electron chi connectivity index (χ3n) is 4.55. The fraction of sp³-hybridized carbons (Fsp3) is 0.952. The first-order chi connectivity index (χ1) is 11.9. The van der Waals surface area contributed by atoms with Gasteiger partial charge in [0, 0.05) is 18.4 Å². The molecule has 1 N–H and O–H groups in total. The Bertz CT molecular complexity index is 382. The van der Waals surface area contributed by atoms with Gasteiger partial charge in [-0.3, -0.25) is 4.79 Å². The highest BCUT2D eigenvalue weighted by atomic mass is 16.7. The Morgan fingerprint density at radius 1 is 1.00 bits per heavy atom. The molecule has 3 atom stereocenters. The van der Waals surface area contributed by atoms with Crippen LogP contribution < -0.4 is 0 Å². The summed E-state index contributed by atoms with van der Waals surface area (Å²) in [6.07, 6.45) is 0.551. The Labute approximate surface area is 160 Å². The number of carbonyl (C=O) groups excluding carboxylic acids is 1. The van der Waals surface area contributed by atoms with Gasteiger partial charge >= 0.3 is 0 Å². The number of hydrogen-bond donors (Lipinski definition) is 1. The SMILES string of the molecule is CCCCOC[C@H](C)[C@H](O)[C@@H](C)C(=O)C(C)(C)C(OC(C)C)OC(C)C. The van der Waals surface area contributed by atoms with Crippen LogP contribution in [-0.2, 0) is 19.0 Å². The Morgan fingerprint density at radius 3 is 1.92 bits per heavy atom. The first-order valence-electron chi connectivity index (χ1n) is 10.1. The molecule has 0 fully saturated rings. The number of Topliss-reactive ketones (excluding diaryl/α,β-unsaturated/α-hetero) is 1. The molecule has 0 aromatic rings. The molecule has 5 nitrogen and oxygen atoms in total. The third kappa shape index (κ3) is 8.47. The fourth-order valence-electron chi connectivity index (χ4n) is 2.83. The summed E-state index contributed by atoms with van der Waals surface area (Å²) < 4.78 is 17.4. The largest absolute Gasteiger partial charge is 0.392 e. The average molecular weight is 375 g/mol. The van der Waals surface area contributed by atoms with Crippen molar-refractivity contribution in [2.75, 3.05) is 13.2 Å². The molecule has 0 saturated heterocycles. The zero-order valence-corrected chi connectivity index (χ0v) is 18.4. The van der Waals surface area contributed by atoms with Gasteiger partial charge in [0.25, 0.3) is 0 Å². The fourth-order valence-corrected chi connectivity index (χ4v) is 2.83. The van der Waals surface area contributed by atoms with Gasteiger partial charge in [0.1, 0.15) is 5.78 Å². The summed E-state index contributed by atoms with van der Waals surface area (Å²) >= 11 is 0. The van der Waals surface area contributed by atoms with Crippen LogP contribution in [0.5, 0.6) is 0 Å². The number of unbranched alkanes of at least 4 members (excludes halogenated alkanes) is 1. The lowest BCUT2D eigenvalue weighted by atomic mass is 9.77. The summed E-state index contributed by atoms with van der Waals surface area (Å²) in [6.45, 7) is 18.3. The first-order valence-corrected chi connectivity index (χ1v) is 10.1. The predicted octanol–water partition coefficient (Wildman–Crippen LogP) is 4.21. The van der Waals surface area contributed by atoms with Crippen LogP contribution in [0.25, 0.3) is 0 Å². The lowest BCUT2D eigenvalue weighted by molar-refractivity contribution is -0.229. The molecule has 0 bridgehead atoms. The third-order valence-corrected chi connectivity index (χ3v) is 4.55. The van der Waals surface area contributed by atoms with Crippen LogP contribution in [0.1, 0.15) is 75.2 Å². The number of hydrogen-bond acceptors (Lipinski definition) is 5. The summed E-state index contributed by atoms with van der Waals surface area (Å²) in [7, 11) is 0. The molecular formula is C21H42O5. The van der Waals surface area contributed by atoms with Crippen molar-refractivity contribution in [2.45, 2.75) is 99.8 Å². The highest BCUT2D eigenvalue weighted by Crippen LogP contribution is 2.32. The molecule has 156 valence electrons. The molecule has 0 aromatic heterocycles. The second-order valence-electron chi connectivity index (χ2n) is 8.47. The molecule has 5 heteroatoms. The molecule has 0 spiro atoms. The molecule has 0 rings (SSSR count). The molecule has 0 heterocycles. The van der Waals surface area contributed by atoms with Crippen molar-refractivity contribution in [3.8, 4) is 0 Å². The minimum atomic E-state index is -0.863. The van der Waals surface area contributed by atoms with Crippen LogP contribution in [0.3, 0.4) is 0 Å². The summed E-state index contributed by atoms with van der Waals surface area (Å²) in [5, 5.41) is 10.6. The van der Waals surface area contributed by atoms with Gasteiger partial charge in [-0.25, -0.2) is 0 Å². The van der Waals surface area contributed by atoms with E-state index in [9.17, 15) is 9.90 Å². The maximum absolute atomic E-state index is 13.1. The number of rotatable bonds is 14. The smallest absolute Gasteiger partial charge is 0.170 e. The summed E-state index contributed by atoms with van der Waals surface area (Å²) in [6, 6.07) is 0. The molecule has 0 aliphatic carbocycles. The van der Waals surface area contributed by atoms with Crippen LogP contribution in [0.4, 0.5) is 0 Å². The molecular weight excluding hydrogens is 332 g/mol. The Morgan fingerprint density at radius 2 is 1.50 bits per heavy atom. The van der Waals surface area contributed by atoms with E-state index in [0.29, 0.717) is 13.2 Å². The molecule has 0 amide bonds. The quantitative estimate of drug-likeness (QED) is 0.364. The normalized spacial score (nSPS) is 16.3. The van der Waals surface area contributed by atoms with E-state index in [4.69, 9.17) is 14.2 Å². The molecule has 0 aromatic carbocycles. The minimum absolute atomic E-state index is 0.0584. The van der Waals surface area contributed by atoms with E-state index in [2.05, 4.69) is 6.92 Å². The summed E-state index contributed by atoms with van der Waals surface area (Å²) in [5.74, 6) is -0.697. The second-order valence-corrected chi connectivity index (χ2v) is 8.47. The molecule has 0 saturated carbocycles.